The molecule has 1 saturated carbocycles. The van der Waals surface area contributed by atoms with Crippen LogP contribution in [0.4, 0.5) is 8.78 Å². The molecule has 0 saturated heterocycles. The molecule has 9 heteroatoms. The van der Waals surface area contributed by atoms with Crippen LogP contribution in [0.5, 0.6) is 0 Å². The zero-order chi connectivity index (χ0) is 18.3. The first-order chi connectivity index (χ1) is 12.5. The Morgan fingerprint density at radius 3 is 3.12 bits per heavy atom. The highest BCUT2D eigenvalue weighted by Crippen LogP contribution is 2.33. The second-order valence-corrected chi connectivity index (χ2v) is 7.32. The van der Waals surface area contributed by atoms with E-state index in [2.05, 4.69) is 15.4 Å². The summed E-state index contributed by atoms with van der Waals surface area (Å²) in [5, 5.41) is 8.45. The lowest BCUT2D eigenvalue weighted by Gasteiger charge is -2.36. The van der Waals surface area contributed by atoms with E-state index in [-0.39, 0.29) is 6.42 Å². The number of imidazole rings is 1. The normalized spacial score (nSPS) is 22.4. The summed E-state index contributed by atoms with van der Waals surface area (Å²) in [5.41, 5.74) is 7.99. The Morgan fingerprint density at radius 2 is 2.31 bits per heavy atom. The summed E-state index contributed by atoms with van der Waals surface area (Å²) in [7, 11) is 0. The number of carbonyl (C=O) groups is 1. The van der Waals surface area contributed by atoms with Crippen LogP contribution in [-0.4, -0.2) is 38.5 Å². The van der Waals surface area contributed by atoms with Crippen LogP contribution < -0.4 is 11.1 Å². The Kier molecular flexibility index (Phi) is 4.20. The smallest absolute Gasteiger partial charge is 0.269 e. The molecular weight excluding hydrogens is 360 g/mol. The van der Waals surface area contributed by atoms with Gasteiger partial charge in [-0.1, -0.05) is 0 Å². The molecule has 2 atom stereocenters. The van der Waals surface area contributed by atoms with Crippen molar-refractivity contribution in [2.45, 2.75) is 37.3 Å². The van der Waals surface area contributed by atoms with Gasteiger partial charge in [0.05, 0.1) is 16.8 Å². The number of nitrogens with one attached hydrogen (secondary N) is 1. The molecule has 6 nitrogen and oxygen atoms in total. The molecule has 1 aliphatic rings. The van der Waals surface area contributed by atoms with Crippen molar-refractivity contribution in [1.82, 2.24) is 19.9 Å². The van der Waals surface area contributed by atoms with Crippen molar-refractivity contribution in [1.29, 1.82) is 0 Å². The van der Waals surface area contributed by atoms with Crippen molar-refractivity contribution >= 4 is 22.9 Å². The highest BCUT2D eigenvalue weighted by Gasteiger charge is 2.46. The van der Waals surface area contributed by atoms with E-state index in [4.69, 9.17) is 5.73 Å². The van der Waals surface area contributed by atoms with Crippen molar-refractivity contribution in [3.8, 4) is 11.3 Å². The quantitative estimate of drug-likeness (QED) is 0.735. The van der Waals surface area contributed by atoms with Gasteiger partial charge in [-0.25, -0.2) is 18.3 Å². The summed E-state index contributed by atoms with van der Waals surface area (Å²) < 4.78 is 29.8. The summed E-state index contributed by atoms with van der Waals surface area (Å²) >= 11 is 1.19. The molecule has 1 amide bonds. The highest BCUT2D eigenvalue weighted by molar-refractivity contribution is 7.12. The van der Waals surface area contributed by atoms with Crippen LogP contribution in [0.15, 0.2) is 36.0 Å². The molecule has 0 bridgehead atoms. The molecular formula is C17H17F2N5OS. The van der Waals surface area contributed by atoms with Gasteiger partial charge in [0.25, 0.3) is 11.8 Å². The molecule has 0 aliphatic heterocycles. The van der Waals surface area contributed by atoms with Gasteiger partial charge in [0, 0.05) is 29.6 Å². The Morgan fingerprint density at radius 1 is 1.46 bits per heavy atom. The Hall–Kier alpha value is -2.39. The van der Waals surface area contributed by atoms with Crippen LogP contribution in [0.3, 0.4) is 0 Å². The predicted molar refractivity (Wildman–Crippen MR) is 94.3 cm³/mol. The average Bonchev–Trinajstić information content (AvgIpc) is 3.24. The summed E-state index contributed by atoms with van der Waals surface area (Å²) in [6.45, 7) is 0. The molecule has 1 fully saturated rings. The lowest BCUT2D eigenvalue weighted by molar-refractivity contribution is -0.0674. The maximum absolute atomic E-state index is 14.1. The van der Waals surface area contributed by atoms with Crippen LogP contribution in [0.1, 0.15) is 28.9 Å². The first kappa shape index (κ1) is 17.0. The van der Waals surface area contributed by atoms with Crippen LogP contribution >= 0.6 is 11.3 Å². The number of rotatable bonds is 3. The van der Waals surface area contributed by atoms with Gasteiger partial charge in [0.15, 0.2) is 5.65 Å². The summed E-state index contributed by atoms with van der Waals surface area (Å²) in [4.78, 5) is 17.1. The number of hydrogen-bond acceptors (Lipinski definition) is 5. The van der Waals surface area contributed by atoms with Gasteiger partial charge in [-0.2, -0.15) is 5.10 Å². The third-order valence-corrected chi connectivity index (χ3v) is 5.54. The molecule has 0 aromatic carbocycles. The van der Waals surface area contributed by atoms with Crippen LogP contribution in [-0.2, 0) is 0 Å². The third-order valence-electron chi connectivity index (χ3n) is 4.61. The van der Waals surface area contributed by atoms with Crippen molar-refractivity contribution < 1.29 is 13.6 Å². The number of amides is 1. The summed E-state index contributed by atoms with van der Waals surface area (Å²) in [5.74, 6) is -3.52. The lowest BCUT2D eigenvalue weighted by Crippen LogP contribution is -2.59. The molecule has 3 aromatic heterocycles. The molecule has 1 aliphatic carbocycles. The van der Waals surface area contributed by atoms with E-state index in [1.165, 1.54) is 11.3 Å². The van der Waals surface area contributed by atoms with E-state index < -0.39 is 23.9 Å². The van der Waals surface area contributed by atoms with Gasteiger partial charge in [0.1, 0.15) is 6.04 Å². The SMILES string of the molecule is N[C@H]1CCCC(F)(F)C1NC(=O)c1cc(-c2cnc3cccnn23)cs1. The highest BCUT2D eigenvalue weighted by atomic mass is 32.1. The minimum Gasteiger partial charge on any atom is -0.341 e. The molecule has 0 spiro atoms. The van der Waals surface area contributed by atoms with E-state index in [0.29, 0.717) is 23.4 Å². The number of hydrogen-bond donors (Lipinski definition) is 2. The second kappa shape index (κ2) is 6.40. The third kappa shape index (κ3) is 2.97. The number of carbonyl (C=O) groups excluding carboxylic acids is 1. The van der Waals surface area contributed by atoms with Crippen LogP contribution in [0, 0.1) is 0 Å². The average molecular weight is 377 g/mol. The molecule has 3 heterocycles. The first-order valence-corrected chi connectivity index (χ1v) is 9.15. The van der Waals surface area contributed by atoms with Gasteiger partial charge in [-0.3, -0.25) is 4.79 Å². The number of fused-ring (bicyclic) bond motifs is 1. The molecule has 136 valence electrons. The Labute approximate surface area is 152 Å². The minimum atomic E-state index is -2.99. The molecule has 1 unspecified atom stereocenters. The predicted octanol–water partition coefficient (Wildman–Crippen LogP) is 2.70. The fourth-order valence-corrected chi connectivity index (χ4v) is 4.05. The van der Waals surface area contributed by atoms with Gasteiger partial charge in [-0.15, -0.1) is 11.3 Å². The van der Waals surface area contributed by atoms with E-state index in [1.54, 1.807) is 34.4 Å². The van der Waals surface area contributed by atoms with E-state index >= 15 is 0 Å². The second-order valence-electron chi connectivity index (χ2n) is 6.40. The van der Waals surface area contributed by atoms with E-state index in [9.17, 15) is 13.6 Å². The van der Waals surface area contributed by atoms with Crippen molar-refractivity contribution in [3.63, 3.8) is 0 Å². The van der Waals surface area contributed by atoms with Crippen LogP contribution in [0.25, 0.3) is 16.9 Å². The molecule has 4 rings (SSSR count). The van der Waals surface area contributed by atoms with E-state index in [1.807, 2.05) is 6.07 Å². The topological polar surface area (TPSA) is 85.3 Å². The molecule has 0 radical (unpaired) electrons. The van der Waals surface area contributed by atoms with E-state index in [0.717, 1.165) is 11.3 Å². The van der Waals surface area contributed by atoms with Crippen molar-refractivity contribution in [2.24, 2.45) is 5.73 Å². The summed E-state index contributed by atoms with van der Waals surface area (Å²) in [6, 6.07) is 3.18. The maximum Gasteiger partial charge on any atom is 0.269 e. The number of alkyl halides is 2. The number of halogens is 2. The van der Waals surface area contributed by atoms with Crippen LogP contribution in [0.2, 0.25) is 0 Å². The van der Waals surface area contributed by atoms with Gasteiger partial charge < -0.3 is 11.1 Å². The molecule has 3 aromatic rings. The zero-order valence-corrected chi connectivity index (χ0v) is 14.5. The monoisotopic (exact) mass is 377 g/mol. The fraction of sp³-hybridized carbons (Fsp3) is 0.353. The zero-order valence-electron chi connectivity index (χ0n) is 13.7. The first-order valence-electron chi connectivity index (χ1n) is 8.27. The van der Waals surface area contributed by atoms with Gasteiger partial charge >= 0.3 is 0 Å². The fourth-order valence-electron chi connectivity index (χ4n) is 3.25. The number of nitrogens with zero attached hydrogens (tertiary/aromatic N) is 3. The van der Waals surface area contributed by atoms with Gasteiger partial charge in [0.2, 0.25) is 0 Å². The Bertz CT molecular complexity index is 953. The van der Waals surface area contributed by atoms with Gasteiger partial charge in [-0.05, 0) is 31.0 Å². The maximum atomic E-state index is 14.1. The minimum absolute atomic E-state index is 0.255. The standard InChI is InChI=1S/C17H17F2N5OS/c18-17(19)5-1-3-11(20)15(17)23-16(25)13-7-10(9-26-13)12-8-21-14-4-2-6-22-24(12)14/h2,4,6-9,11,15H,1,3,5,20H2,(H,23,25)/t11-,15?/m0/s1. The molecule has 26 heavy (non-hydrogen) atoms. The largest absolute Gasteiger partial charge is 0.341 e. The van der Waals surface area contributed by atoms with Crippen molar-refractivity contribution in [2.75, 3.05) is 0 Å². The number of aromatic nitrogens is 3. The van der Waals surface area contributed by atoms with Crippen molar-refractivity contribution in [3.05, 3.63) is 40.8 Å². The number of nitrogens with two attached hydrogens (primary N) is 1. The Balaban J connectivity index is 1.57. The summed E-state index contributed by atoms with van der Waals surface area (Å²) in [6.07, 6.45) is 3.89. The molecule has 3 N–H and O–H groups in total. The lowest BCUT2D eigenvalue weighted by atomic mass is 9.87. The number of thiophene rings is 1.